The molecule has 5 nitrogen and oxygen atoms in total. The Hall–Kier alpha value is -1.95. The molecule has 2 aromatic rings. The lowest BCUT2D eigenvalue weighted by molar-refractivity contribution is -0.143. The summed E-state index contributed by atoms with van der Waals surface area (Å²) in [6, 6.07) is 11.2. The highest BCUT2D eigenvalue weighted by molar-refractivity contribution is 6.36. The van der Waals surface area contributed by atoms with Crippen molar-refractivity contribution in [1.29, 1.82) is 0 Å². The molecule has 2 amide bonds. The first-order valence-corrected chi connectivity index (χ1v) is 11.3. The van der Waals surface area contributed by atoms with Gasteiger partial charge in [0.25, 0.3) is 5.91 Å². The molecule has 0 radical (unpaired) electrons. The maximum atomic E-state index is 13.2. The van der Waals surface area contributed by atoms with Crippen LogP contribution >= 0.6 is 34.8 Å². The highest BCUT2D eigenvalue weighted by Gasteiger charge is 2.30. The van der Waals surface area contributed by atoms with Gasteiger partial charge < -0.3 is 15.0 Å². The lowest BCUT2D eigenvalue weighted by Gasteiger charge is -2.31. The van der Waals surface area contributed by atoms with Gasteiger partial charge in [0.2, 0.25) is 5.91 Å². The topological polar surface area (TPSA) is 58.6 Å². The van der Waals surface area contributed by atoms with Crippen molar-refractivity contribution in [3.63, 3.8) is 0 Å². The number of amides is 2. The van der Waals surface area contributed by atoms with Crippen LogP contribution in [0.15, 0.2) is 42.5 Å². The van der Waals surface area contributed by atoms with E-state index >= 15 is 0 Å². The van der Waals surface area contributed by atoms with Gasteiger partial charge >= 0.3 is 0 Å². The molecule has 0 aliphatic rings. The van der Waals surface area contributed by atoms with Crippen LogP contribution in [0.4, 0.5) is 0 Å². The molecular weight excluding hydrogens is 459 g/mol. The second-order valence-corrected chi connectivity index (χ2v) is 8.46. The van der Waals surface area contributed by atoms with E-state index in [9.17, 15) is 9.59 Å². The van der Waals surface area contributed by atoms with Gasteiger partial charge in [-0.05, 0) is 50.1 Å². The van der Waals surface area contributed by atoms with E-state index in [0.717, 1.165) is 6.42 Å². The molecule has 8 heteroatoms. The lowest BCUT2D eigenvalue weighted by Crippen LogP contribution is -2.51. The zero-order chi connectivity index (χ0) is 23.0. The molecule has 0 aliphatic carbocycles. The van der Waals surface area contributed by atoms with Crippen LogP contribution in [0.3, 0.4) is 0 Å². The average Bonchev–Trinajstić information content (AvgIpc) is 2.73. The zero-order valence-electron chi connectivity index (χ0n) is 17.8. The summed E-state index contributed by atoms with van der Waals surface area (Å²) in [6.07, 6.45) is 1.21. The number of rotatable bonds is 10. The molecule has 1 N–H and O–H groups in total. The normalized spacial score (nSPS) is 12.7. The van der Waals surface area contributed by atoms with Crippen molar-refractivity contribution in [3.8, 4) is 5.75 Å². The number of ether oxygens (including phenoxy) is 1. The third kappa shape index (κ3) is 7.30. The summed E-state index contributed by atoms with van der Waals surface area (Å²) in [5.41, 5.74) is 0.580. The second-order valence-electron chi connectivity index (χ2n) is 7.21. The van der Waals surface area contributed by atoms with Crippen LogP contribution in [0.5, 0.6) is 5.75 Å². The summed E-state index contributed by atoms with van der Waals surface area (Å²) < 4.78 is 5.63. The van der Waals surface area contributed by atoms with Gasteiger partial charge in [0.05, 0.1) is 0 Å². The quantitative estimate of drug-likeness (QED) is 0.466. The Labute approximate surface area is 198 Å². The van der Waals surface area contributed by atoms with E-state index in [2.05, 4.69) is 5.32 Å². The zero-order valence-corrected chi connectivity index (χ0v) is 20.1. The molecular formula is C23H27Cl3N2O3. The molecule has 0 fully saturated rings. The summed E-state index contributed by atoms with van der Waals surface area (Å²) in [7, 11) is 0. The molecule has 168 valence electrons. The van der Waals surface area contributed by atoms with Crippen molar-refractivity contribution >= 4 is 46.6 Å². The predicted molar refractivity (Wildman–Crippen MR) is 126 cm³/mol. The number of hydrogen-bond acceptors (Lipinski definition) is 3. The molecule has 2 aromatic carbocycles. The van der Waals surface area contributed by atoms with Gasteiger partial charge in [-0.3, -0.25) is 9.59 Å². The van der Waals surface area contributed by atoms with E-state index in [4.69, 9.17) is 39.5 Å². The Kier molecular flexibility index (Phi) is 9.94. The first kappa shape index (κ1) is 25.3. The van der Waals surface area contributed by atoms with Gasteiger partial charge in [-0.15, -0.1) is 0 Å². The maximum Gasteiger partial charge on any atom is 0.261 e. The van der Waals surface area contributed by atoms with Crippen LogP contribution in [-0.2, 0) is 16.1 Å². The van der Waals surface area contributed by atoms with Crippen molar-refractivity contribution in [2.45, 2.75) is 52.2 Å². The van der Waals surface area contributed by atoms with Crippen LogP contribution in [0, 0.1) is 0 Å². The van der Waals surface area contributed by atoms with Crippen LogP contribution in [0.1, 0.15) is 39.2 Å². The predicted octanol–water partition coefficient (Wildman–Crippen LogP) is 5.75. The number of carbonyl (C=O) groups excluding carboxylic acids is 2. The minimum atomic E-state index is -0.697. The standard InChI is InChI=1S/C23H27Cl3N2O3/c1-4-15(3)27-23(30)21(5-2)28(13-18-19(25)10-7-11-20(18)26)22(29)14-31-17-9-6-8-16(24)12-17/h6-12,15,21H,4-5,13-14H2,1-3H3,(H,27,30)/t15-,21+/m1/s1. The van der Waals surface area contributed by atoms with E-state index in [1.807, 2.05) is 20.8 Å². The van der Waals surface area contributed by atoms with Gasteiger partial charge in [-0.25, -0.2) is 0 Å². The third-order valence-corrected chi connectivity index (χ3v) is 5.88. The largest absolute Gasteiger partial charge is 0.484 e. The summed E-state index contributed by atoms with van der Waals surface area (Å²) in [6.45, 7) is 5.59. The Bertz CT molecular complexity index is 887. The fourth-order valence-corrected chi connectivity index (χ4v) is 3.70. The van der Waals surface area contributed by atoms with Crippen LogP contribution in [-0.4, -0.2) is 35.4 Å². The van der Waals surface area contributed by atoms with E-state index in [0.29, 0.717) is 32.8 Å². The SMILES string of the molecule is CC[C@@H](C)NC(=O)[C@H](CC)N(Cc1c(Cl)cccc1Cl)C(=O)COc1cccc(Cl)c1. The number of nitrogens with zero attached hydrogens (tertiary/aromatic N) is 1. The first-order chi connectivity index (χ1) is 14.8. The van der Waals surface area contributed by atoms with Crippen molar-refractivity contribution < 1.29 is 14.3 Å². The van der Waals surface area contributed by atoms with E-state index < -0.39 is 6.04 Å². The molecule has 0 unspecified atom stereocenters. The third-order valence-electron chi connectivity index (χ3n) is 4.94. The van der Waals surface area contributed by atoms with Gasteiger partial charge in [-0.2, -0.15) is 0 Å². The molecule has 0 aromatic heterocycles. The van der Waals surface area contributed by atoms with Gasteiger partial charge in [0.15, 0.2) is 6.61 Å². The number of benzene rings is 2. The van der Waals surface area contributed by atoms with Crippen molar-refractivity contribution in [2.75, 3.05) is 6.61 Å². The number of carbonyl (C=O) groups is 2. The Balaban J connectivity index is 2.28. The van der Waals surface area contributed by atoms with Crippen LogP contribution in [0.25, 0.3) is 0 Å². The van der Waals surface area contributed by atoms with Crippen molar-refractivity contribution in [1.82, 2.24) is 10.2 Å². The van der Waals surface area contributed by atoms with Gasteiger partial charge in [-0.1, -0.05) is 60.8 Å². The summed E-state index contributed by atoms with van der Waals surface area (Å²) in [5, 5.41) is 4.32. The van der Waals surface area contributed by atoms with Gasteiger partial charge in [0, 0.05) is 33.2 Å². The summed E-state index contributed by atoms with van der Waals surface area (Å²) >= 11 is 18.7. The number of halogens is 3. The molecule has 2 atom stereocenters. The fourth-order valence-electron chi connectivity index (χ4n) is 3.00. The van der Waals surface area contributed by atoms with Crippen LogP contribution < -0.4 is 10.1 Å². The van der Waals surface area contributed by atoms with E-state index in [-0.39, 0.29) is 31.0 Å². The molecule has 0 heterocycles. The van der Waals surface area contributed by atoms with Crippen LogP contribution in [0.2, 0.25) is 15.1 Å². The number of hydrogen-bond donors (Lipinski definition) is 1. The monoisotopic (exact) mass is 484 g/mol. The second kappa shape index (κ2) is 12.2. The summed E-state index contributed by atoms with van der Waals surface area (Å²) in [4.78, 5) is 27.6. The van der Waals surface area contributed by atoms with E-state index in [1.54, 1.807) is 42.5 Å². The minimum Gasteiger partial charge on any atom is -0.484 e. The molecule has 0 aliphatic heterocycles. The molecule has 2 rings (SSSR count). The Morgan fingerprint density at radius 3 is 2.26 bits per heavy atom. The molecule has 31 heavy (non-hydrogen) atoms. The minimum absolute atomic E-state index is 0.00915. The molecule has 0 saturated carbocycles. The Morgan fingerprint density at radius 1 is 1.03 bits per heavy atom. The van der Waals surface area contributed by atoms with E-state index in [1.165, 1.54) is 4.90 Å². The average molecular weight is 486 g/mol. The summed E-state index contributed by atoms with van der Waals surface area (Å²) in [5.74, 6) is -0.119. The smallest absolute Gasteiger partial charge is 0.261 e. The molecule has 0 bridgehead atoms. The Morgan fingerprint density at radius 2 is 1.68 bits per heavy atom. The number of nitrogens with one attached hydrogen (secondary N) is 1. The highest BCUT2D eigenvalue weighted by atomic mass is 35.5. The van der Waals surface area contributed by atoms with Gasteiger partial charge in [0.1, 0.15) is 11.8 Å². The first-order valence-electron chi connectivity index (χ1n) is 10.2. The lowest BCUT2D eigenvalue weighted by atomic mass is 10.1. The molecule has 0 spiro atoms. The molecule has 0 saturated heterocycles. The highest BCUT2D eigenvalue weighted by Crippen LogP contribution is 2.27. The fraction of sp³-hybridized carbons (Fsp3) is 0.391. The van der Waals surface area contributed by atoms with Crippen molar-refractivity contribution in [2.24, 2.45) is 0 Å². The van der Waals surface area contributed by atoms with Crippen molar-refractivity contribution in [3.05, 3.63) is 63.1 Å². The maximum absolute atomic E-state index is 13.2.